The van der Waals surface area contributed by atoms with Crippen LogP contribution in [0.25, 0.3) is 0 Å². The van der Waals surface area contributed by atoms with Crippen LogP contribution in [0.3, 0.4) is 0 Å². The van der Waals surface area contributed by atoms with Crippen LogP contribution in [0.5, 0.6) is 5.75 Å². The van der Waals surface area contributed by atoms with Crippen molar-refractivity contribution >= 4 is 23.5 Å². The number of benzene rings is 1. The van der Waals surface area contributed by atoms with Crippen LogP contribution in [0.2, 0.25) is 5.02 Å². The first kappa shape index (κ1) is 17.6. The maximum absolute atomic E-state index is 12.1. The molecule has 1 heterocycles. The van der Waals surface area contributed by atoms with Crippen molar-refractivity contribution in [2.24, 2.45) is 5.92 Å². The highest BCUT2D eigenvalue weighted by Crippen LogP contribution is 2.30. The lowest BCUT2D eigenvalue weighted by Gasteiger charge is -2.26. The van der Waals surface area contributed by atoms with E-state index in [1.165, 1.54) is 0 Å². The van der Waals surface area contributed by atoms with Crippen LogP contribution in [0.1, 0.15) is 32.8 Å². The van der Waals surface area contributed by atoms with E-state index in [2.05, 4.69) is 5.32 Å². The van der Waals surface area contributed by atoms with Gasteiger partial charge in [-0.15, -0.1) is 0 Å². The summed E-state index contributed by atoms with van der Waals surface area (Å²) in [7, 11) is 0. The molecule has 5 nitrogen and oxygen atoms in total. The molecule has 0 fully saturated rings. The Labute approximate surface area is 141 Å². The van der Waals surface area contributed by atoms with E-state index in [4.69, 9.17) is 21.1 Å². The maximum Gasteiger partial charge on any atom is 0.313 e. The van der Waals surface area contributed by atoms with Crippen LogP contribution in [0.4, 0.5) is 0 Å². The van der Waals surface area contributed by atoms with Gasteiger partial charge in [0.05, 0.1) is 5.92 Å². The number of carbonyl (C=O) groups is 2. The highest BCUT2D eigenvalue weighted by Gasteiger charge is 2.28. The third kappa shape index (κ3) is 4.86. The number of halogens is 1. The molecule has 6 heteroatoms. The van der Waals surface area contributed by atoms with Crippen molar-refractivity contribution < 1.29 is 19.1 Å². The second kappa shape index (κ2) is 7.21. The number of ether oxygens (including phenoxy) is 2. The molecular weight excluding hydrogens is 318 g/mol. The standard InChI is InChI=1S/C17H22ClNO4/c1-4-17(2,3)19-15(20)10-23-16(21)12-7-11-8-13(18)5-6-14(11)22-9-12/h5-6,8,12H,4,7,9-10H2,1-3H3,(H,19,20)/t12-/m1/s1. The highest BCUT2D eigenvalue weighted by molar-refractivity contribution is 6.30. The van der Waals surface area contributed by atoms with E-state index in [0.717, 1.165) is 17.7 Å². The number of carbonyl (C=O) groups excluding carboxylic acids is 2. The largest absolute Gasteiger partial charge is 0.492 e. The summed E-state index contributed by atoms with van der Waals surface area (Å²) >= 11 is 5.96. The monoisotopic (exact) mass is 339 g/mol. The van der Waals surface area contributed by atoms with Crippen molar-refractivity contribution in [1.82, 2.24) is 5.32 Å². The van der Waals surface area contributed by atoms with Crippen molar-refractivity contribution in [2.45, 2.75) is 39.2 Å². The second-order valence-corrected chi connectivity index (χ2v) is 6.79. The van der Waals surface area contributed by atoms with Crippen LogP contribution in [-0.2, 0) is 20.7 Å². The number of hydrogen-bond donors (Lipinski definition) is 1. The lowest BCUT2D eigenvalue weighted by atomic mass is 9.97. The molecule has 1 aliphatic heterocycles. The van der Waals surface area contributed by atoms with Gasteiger partial charge in [-0.05, 0) is 50.5 Å². The van der Waals surface area contributed by atoms with E-state index in [-0.39, 0.29) is 24.7 Å². The molecule has 0 spiro atoms. The molecule has 23 heavy (non-hydrogen) atoms. The molecule has 0 saturated carbocycles. The van der Waals surface area contributed by atoms with E-state index in [1.807, 2.05) is 20.8 Å². The molecule has 0 aromatic heterocycles. The van der Waals surface area contributed by atoms with E-state index < -0.39 is 11.9 Å². The van der Waals surface area contributed by atoms with Gasteiger partial charge in [-0.2, -0.15) is 0 Å². The van der Waals surface area contributed by atoms with Gasteiger partial charge in [0, 0.05) is 10.6 Å². The van der Waals surface area contributed by atoms with Crippen LogP contribution < -0.4 is 10.1 Å². The molecule has 1 atom stereocenters. The summed E-state index contributed by atoms with van der Waals surface area (Å²) in [4.78, 5) is 23.9. The van der Waals surface area contributed by atoms with Crippen molar-refractivity contribution in [2.75, 3.05) is 13.2 Å². The molecule has 1 aromatic rings. The third-order valence-electron chi connectivity index (χ3n) is 3.97. The zero-order chi connectivity index (χ0) is 17.0. The van der Waals surface area contributed by atoms with Crippen molar-refractivity contribution in [3.8, 4) is 5.75 Å². The number of amides is 1. The zero-order valence-corrected chi connectivity index (χ0v) is 14.4. The van der Waals surface area contributed by atoms with E-state index in [9.17, 15) is 9.59 Å². The quantitative estimate of drug-likeness (QED) is 0.838. The number of fused-ring (bicyclic) bond motifs is 1. The maximum atomic E-state index is 12.1. The van der Waals surface area contributed by atoms with Gasteiger partial charge in [-0.25, -0.2) is 0 Å². The smallest absolute Gasteiger partial charge is 0.313 e. The first-order valence-corrected chi connectivity index (χ1v) is 8.07. The Kier molecular flexibility index (Phi) is 5.52. The first-order chi connectivity index (χ1) is 10.8. The van der Waals surface area contributed by atoms with E-state index in [1.54, 1.807) is 18.2 Å². The molecule has 1 amide bonds. The SMILES string of the molecule is CCC(C)(C)NC(=O)COC(=O)[C@H]1COc2ccc(Cl)cc2C1. The predicted octanol–water partition coefficient (Wildman–Crippen LogP) is 2.74. The minimum absolute atomic E-state index is 0.246. The highest BCUT2D eigenvalue weighted by atomic mass is 35.5. The second-order valence-electron chi connectivity index (χ2n) is 6.36. The van der Waals surface area contributed by atoms with E-state index in [0.29, 0.717) is 11.4 Å². The van der Waals surface area contributed by atoms with Crippen molar-refractivity contribution in [3.63, 3.8) is 0 Å². The Balaban J connectivity index is 1.86. The Morgan fingerprint density at radius 2 is 2.17 bits per heavy atom. The van der Waals surface area contributed by atoms with Crippen LogP contribution in [0, 0.1) is 5.92 Å². The van der Waals surface area contributed by atoms with E-state index >= 15 is 0 Å². The topological polar surface area (TPSA) is 64.6 Å². The van der Waals surface area contributed by atoms with Gasteiger partial charge in [0.25, 0.3) is 5.91 Å². The summed E-state index contributed by atoms with van der Waals surface area (Å²) < 4.78 is 10.7. The molecule has 1 aliphatic rings. The third-order valence-corrected chi connectivity index (χ3v) is 4.20. The van der Waals surface area contributed by atoms with Crippen LogP contribution >= 0.6 is 11.6 Å². The van der Waals surface area contributed by atoms with Gasteiger partial charge in [0.1, 0.15) is 12.4 Å². The van der Waals surface area contributed by atoms with Gasteiger partial charge < -0.3 is 14.8 Å². The minimum Gasteiger partial charge on any atom is -0.492 e. The molecule has 0 aliphatic carbocycles. The minimum atomic E-state index is -0.430. The molecular formula is C17H22ClNO4. The van der Waals surface area contributed by atoms with Crippen LogP contribution in [0.15, 0.2) is 18.2 Å². The Morgan fingerprint density at radius 3 is 2.87 bits per heavy atom. The zero-order valence-electron chi connectivity index (χ0n) is 13.6. The average Bonchev–Trinajstić information content (AvgIpc) is 2.51. The Morgan fingerprint density at radius 1 is 1.43 bits per heavy atom. The molecule has 2 rings (SSSR count). The lowest BCUT2D eigenvalue weighted by molar-refractivity contribution is -0.154. The predicted molar refractivity (Wildman–Crippen MR) is 87.6 cm³/mol. The molecule has 1 N–H and O–H groups in total. The number of hydrogen-bond acceptors (Lipinski definition) is 4. The van der Waals surface area contributed by atoms with Crippen LogP contribution in [-0.4, -0.2) is 30.6 Å². The van der Waals surface area contributed by atoms with Crippen molar-refractivity contribution in [1.29, 1.82) is 0 Å². The van der Waals surface area contributed by atoms with Crippen molar-refractivity contribution in [3.05, 3.63) is 28.8 Å². The fourth-order valence-electron chi connectivity index (χ4n) is 2.27. The summed E-state index contributed by atoms with van der Waals surface area (Å²) in [6.07, 6.45) is 1.29. The summed E-state index contributed by atoms with van der Waals surface area (Å²) in [6.45, 7) is 5.79. The number of rotatable bonds is 5. The van der Waals surface area contributed by atoms with Gasteiger partial charge in [-0.1, -0.05) is 18.5 Å². The summed E-state index contributed by atoms with van der Waals surface area (Å²) in [5.41, 5.74) is 0.565. The fourth-order valence-corrected chi connectivity index (χ4v) is 2.47. The number of nitrogens with one attached hydrogen (secondary N) is 1. The average molecular weight is 340 g/mol. The molecule has 0 unspecified atom stereocenters. The Hall–Kier alpha value is -1.75. The fraction of sp³-hybridized carbons (Fsp3) is 0.529. The van der Waals surface area contributed by atoms with Gasteiger partial charge >= 0.3 is 5.97 Å². The summed E-state index contributed by atoms with van der Waals surface area (Å²) in [6, 6.07) is 5.32. The molecule has 0 bridgehead atoms. The molecule has 0 saturated heterocycles. The molecule has 0 radical (unpaired) electrons. The Bertz CT molecular complexity index is 600. The normalized spacial score (nSPS) is 17.0. The van der Waals surface area contributed by atoms with Gasteiger partial charge in [0.2, 0.25) is 0 Å². The van der Waals surface area contributed by atoms with Gasteiger partial charge in [0.15, 0.2) is 6.61 Å². The summed E-state index contributed by atoms with van der Waals surface area (Å²) in [5.74, 6) is -0.417. The lowest BCUT2D eigenvalue weighted by Crippen LogP contribution is -2.45. The molecule has 126 valence electrons. The van der Waals surface area contributed by atoms with Gasteiger partial charge in [-0.3, -0.25) is 9.59 Å². The first-order valence-electron chi connectivity index (χ1n) is 7.69. The number of esters is 1. The summed E-state index contributed by atoms with van der Waals surface area (Å²) in [5, 5.41) is 3.42. The molecule has 1 aromatic carbocycles.